The molecule has 0 spiro atoms. The Morgan fingerprint density at radius 2 is 0.679 bits per heavy atom. The number of nitrogens with zero attached hydrogens (tertiary/aromatic N) is 1. The molecule has 0 heterocycles. The molecule has 0 amide bonds. The molecule has 0 aromatic heterocycles. The fraction of sp³-hybridized carbons (Fsp3) is 0.0182. The zero-order valence-electron chi connectivity index (χ0n) is 31.0. The first-order valence-corrected chi connectivity index (χ1v) is 19.4. The SMILES string of the molecule is c1ccc(-c2ccc(-c3ccc(N(c4ccccc4-c4ccccc4)c4cccc5c4-c4ccccc4C5(c4ccccc4)c4ccccc4)cc3)cc2)cc1. The van der Waals surface area contributed by atoms with E-state index in [1.165, 1.54) is 66.8 Å². The average molecular weight is 714 g/mol. The standard InChI is InChI=1S/C55H39N/c1-5-18-40(19-6-1)41-32-34-42(35-33-41)43-36-38-47(39-37-43)56(52-30-16-14-26-48(52)44-20-7-2-8-21-44)53-31-17-29-51-54(53)49-27-13-15-28-50(49)55(51,45-22-9-3-10-23-45)46-24-11-4-12-25-46/h1-39H. The summed E-state index contributed by atoms with van der Waals surface area (Å²) in [7, 11) is 0. The van der Waals surface area contributed by atoms with Crippen LogP contribution in [0.15, 0.2) is 237 Å². The van der Waals surface area contributed by atoms with Crippen molar-refractivity contribution in [3.8, 4) is 44.5 Å². The van der Waals surface area contributed by atoms with Crippen molar-refractivity contribution in [1.82, 2.24) is 0 Å². The van der Waals surface area contributed by atoms with E-state index < -0.39 is 5.41 Å². The second-order valence-electron chi connectivity index (χ2n) is 14.4. The summed E-state index contributed by atoms with van der Waals surface area (Å²) < 4.78 is 0. The van der Waals surface area contributed by atoms with E-state index >= 15 is 0 Å². The zero-order valence-corrected chi connectivity index (χ0v) is 31.0. The average Bonchev–Trinajstić information content (AvgIpc) is 3.60. The van der Waals surface area contributed by atoms with Crippen molar-refractivity contribution in [2.24, 2.45) is 0 Å². The number of para-hydroxylation sites is 1. The molecule has 0 saturated carbocycles. The van der Waals surface area contributed by atoms with Crippen LogP contribution in [0.25, 0.3) is 44.5 Å². The quantitative estimate of drug-likeness (QED) is 0.152. The van der Waals surface area contributed by atoms with Crippen LogP contribution in [0.2, 0.25) is 0 Å². The lowest BCUT2D eigenvalue weighted by atomic mass is 9.68. The Bertz CT molecular complexity index is 2710. The van der Waals surface area contributed by atoms with E-state index in [4.69, 9.17) is 0 Å². The summed E-state index contributed by atoms with van der Waals surface area (Å²) >= 11 is 0. The molecule has 0 bridgehead atoms. The highest BCUT2D eigenvalue weighted by Crippen LogP contribution is 2.59. The lowest BCUT2D eigenvalue weighted by Gasteiger charge is -2.34. The summed E-state index contributed by atoms with van der Waals surface area (Å²) in [6.07, 6.45) is 0. The molecule has 0 radical (unpaired) electrons. The Balaban J connectivity index is 1.19. The van der Waals surface area contributed by atoms with Crippen molar-refractivity contribution < 1.29 is 0 Å². The minimum absolute atomic E-state index is 0.495. The van der Waals surface area contributed by atoms with E-state index in [-0.39, 0.29) is 0 Å². The van der Waals surface area contributed by atoms with E-state index in [1.54, 1.807) is 0 Å². The van der Waals surface area contributed by atoms with Crippen molar-refractivity contribution in [1.29, 1.82) is 0 Å². The van der Waals surface area contributed by atoms with Gasteiger partial charge >= 0.3 is 0 Å². The number of rotatable bonds is 8. The highest BCUT2D eigenvalue weighted by Gasteiger charge is 2.47. The van der Waals surface area contributed by atoms with Crippen molar-refractivity contribution in [2.75, 3.05) is 4.90 Å². The van der Waals surface area contributed by atoms with Crippen LogP contribution < -0.4 is 4.90 Å². The molecule has 1 aliphatic rings. The van der Waals surface area contributed by atoms with E-state index in [0.717, 1.165) is 17.1 Å². The van der Waals surface area contributed by atoms with Gasteiger partial charge in [-0.3, -0.25) is 0 Å². The molecule has 9 aromatic rings. The Morgan fingerprint density at radius 3 is 1.27 bits per heavy atom. The molecule has 0 unspecified atom stereocenters. The van der Waals surface area contributed by atoms with Gasteiger partial charge in [0.1, 0.15) is 0 Å². The second-order valence-corrected chi connectivity index (χ2v) is 14.4. The van der Waals surface area contributed by atoms with Gasteiger partial charge in [-0.1, -0.05) is 212 Å². The maximum absolute atomic E-state index is 2.48. The Morgan fingerprint density at radius 1 is 0.268 bits per heavy atom. The molecular weight excluding hydrogens is 675 g/mol. The van der Waals surface area contributed by atoms with E-state index in [9.17, 15) is 0 Å². The number of anilines is 3. The van der Waals surface area contributed by atoms with Gasteiger partial charge in [0.15, 0.2) is 0 Å². The molecule has 10 rings (SSSR count). The summed E-state index contributed by atoms with van der Waals surface area (Å²) in [4.78, 5) is 2.48. The first-order chi connectivity index (χ1) is 27.8. The van der Waals surface area contributed by atoms with Gasteiger partial charge in [-0.2, -0.15) is 0 Å². The molecule has 0 N–H and O–H groups in total. The number of benzene rings is 9. The molecule has 0 aliphatic heterocycles. The largest absolute Gasteiger partial charge is 0.309 e. The normalized spacial score (nSPS) is 12.4. The van der Waals surface area contributed by atoms with Gasteiger partial charge in [0, 0.05) is 16.8 Å². The molecule has 1 aliphatic carbocycles. The molecule has 9 aromatic carbocycles. The zero-order chi connectivity index (χ0) is 37.3. The summed E-state index contributed by atoms with van der Waals surface area (Å²) in [5.74, 6) is 0. The number of fused-ring (bicyclic) bond motifs is 3. The van der Waals surface area contributed by atoms with E-state index in [2.05, 4.69) is 241 Å². The van der Waals surface area contributed by atoms with Gasteiger partial charge in [0.2, 0.25) is 0 Å². The predicted octanol–water partition coefficient (Wildman–Crippen LogP) is 14.5. The van der Waals surface area contributed by atoms with Gasteiger partial charge < -0.3 is 4.90 Å². The van der Waals surface area contributed by atoms with Crippen LogP contribution in [0, 0.1) is 0 Å². The highest BCUT2D eigenvalue weighted by atomic mass is 15.1. The van der Waals surface area contributed by atoms with Crippen molar-refractivity contribution >= 4 is 17.1 Å². The Labute approximate surface area is 329 Å². The number of hydrogen-bond acceptors (Lipinski definition) is 1. The fourth-order valence-corrected chi connectivity index (χ4v) is 8.89. The van der Waals surface area contributed by atoms with Crippen LogP contribution in [0.5, 0.6) is 0 Å². The van der Waals surface area contributed by atoms with Gasteiger partial charge in [0.25, 0.3) is 0 Å². The summed E-state index contributed by atoms with van der Waals surface area (Å²) in [6, 6.07) is 86.1. The minimum atomic E-state index is -0.495. The van der Waals surface area contributed by atoms with Crippen LogP contribution in [0.4, 0.5) is 17.1 Å². The highest BCUT2D eigenvalue weighted by molar-refractivity contribution is 5.99. The molecule has 0 atom stereocenters. The fourth-order valence-electron chi connectivity index (χ4n) is 8.89. The maximum atomic E-state index is 2.48. The first kappa shape index (κ1) is 33.4. The van der Waals surface area contributed by atoms with Crippen LogP contribution in [0.3, 0.4) is 0 Å². The summed E-state index contributed by atoms with van der Waals surface area (Å²) in [5, 5.41) is 0. The van der Waals surface area contributed by atoms with Crippen molar-refractivity contribution in [3.05, 3.63) is 259 Å². The topological polar surface area (TPSA) is 3.24 Å². The smallest absolute Gasteiger partial charge is 0.0714 e. The molecule has 56 heavy (non-hydrogen) atoms. The van der Waals surface area contributed by atoms with Crippen molar-refractivity contribution in [3.63, 3.8) is 0 Å². The van der Waals surface area contributed by atoms with Crippen LogP contribution >= 0.6 is 0 Å². The van der Waals surface area contributed by atoms with Gasteiger partial charge in [0.05, 0.1) is 16.8 Å². The third-order valence-electron chi connectivity index (χ3n) is 11.4. The first-order valence-electron chi connectivity index (χ1n) is 19.4. The molecule has 264 valence electrons. The van der Waals surface area contributed by atoms with E-state index in [0.29, 0.717) is 0 Å². The molecule has 1 nitrogen and oxygen atoms in total. The van der Waals surface area contributed by atoms with Gasteiger partial charge in [-0.05, 0) is 79.9 Å². The van der Waals surface area contributed by atoms with Gasteiger partial charge in [-0.15, -0.1) is 0 Å². The maximum Gasteiger partial charge on any atom is 0.0714 e. The molecule has 0 saturated heterocycles. The van der Waals surface area contributed by atoms with Gasteiger partial charge in [-0.25, -0.2) is 0 Å². The lowest BCUT2D eigenvalue weighted by Crippen LogP contribution is -2.28. The van der Waals surface area contributed by atoms with Crippen LogP contribution in [-0.4, -0.2) is 0 Å². The van der Waals surface area contributed by atoms with Crippen LogP contribution in [0.1, 0.15) is 22.3 Å². The summed E-state index contributed by atoms with van der Waals surface area (Å²) in [5.41, 5.74) is 17.6. The van der Waals surface area contributed by atoms with E-state index in [1.807, 2.05) is 0 Å². The molecular formula is C55H39N. The Kier molecular flexibility index (Phi) is 8.46. The third kappa shape index (κ3) is 5.56. The third-order valence-corrected chi connectivity index (χ3v) is 11.4. The Hall–Kier alpha value is -7.22. The number of hydrogen-bond donors (Lipinski definition) is 0. The predicted molar refractivity (Wildman–Crippen MR) is 235 cm³/mol. The molecule has 1 heteroatoms. The lowest BCUT2D eigenvalue weighted by molar-refractivity contribution is 0.768. The summed E-state index contributed by atoms with van der Waals surface area (Å²) in [6.45, 7) is 0. The molecule has 0 fully saturated rings. The minimum Gasteiger partial charge on any atom is -0.309 e. The second kappa shape index (κ2) is 14.2. The monoisotopic (exact) mass is 713 g/mol. The van der Waals surface area contributed by atoms with Crippen molar-refractivity contribution in [2.45, 2.75) is 5.41 Å². The van der Waals surface area contributed by atoms with Crippen LogP contribution in [-0.2, 0) is 5.41 Å².